The first-order chi connectivity index (χ1) is 25.0. The fraction of sp³-hybridized carbons (Fsp3) is 0.0638. The summed E-state index contributed by atoms with van der Waals surface area (Å²) in [4.78, 5) is 0. The Morgan fingerprint density at radius 3 is 1.27 bits per heavy atom. The molecule has 0 saturated heterocycles. The topological polar surface area (TPSA) is 0 Å². The van der Waals surface area contributed by atoms with Crippen molar-refractivity contribution in [3.05, 3.63) is 187 Å². The number of fused-ring (bicyclic) bond motifs is 4. The predicted octanol–water partition coefficient (Wildman–Crippen LogP) is 13.8. The van der Waals surface area contributed by atoms with Crippen molar-refractivity contribution >= 4 is 74.8 Å². The molecule has 0 N–H and O–H groups in total. The minimum absolute atomic E-state index is 0.826. The number of hydrogen-bond acceptors (Lipinski definition) is 0. The van der Waals surface area contributed by atoms with Gasteiger partial charge in [0.15, 0.2) is 0 Å². The summed E-state index contributed by atoms with van der Waals surface area (Å²) in [7, 11) is 10.8. The maximum absolute atomic E-state index is 4.93. The maximum atomic E-state index is 4.93. The van der Waals surface area contributed by atoms with E-state index in [4.69, 9.17) is 17.0 Å². The molecule has 0 spiro atoms. The van der Waals surface area contributed by atoms with Crippen molar-refractivity contribution in [2.75, 3.05) is 0 Å². The molecule has 0 amide bonds. The zero-order chi connectivity index (χ0) is 35.6. The van der Waals surface area contributed by atoms with Gasteiger partial charge in [0.05, 0.1) is 9.52 Å². The van der Waals surface area contributed by atoms with Gasteiger partial charge in [-0.2, -0.15) is 12.1 Å². The molecular weight excluding hydrogens is 755 g/mol. The standard InChI is InChI=1S/2C20H15.C7H8Si.2ClH.Zr/c2*1-14-11-17-7-4-8-19(20(17)12-14)18-10-9-15-5-2-3-6-16(15)13-18;1-8-7-5-3-2-4-6-7;;;/h2*2-13H,1H3;2-6H,1H3;2*1H;/q2*-1;;;;+4/p-2. The summed E-state index contributed by atoms with van der Waals surface area (Å²) >= 11 is -0.826. The summed E-state index contributed by atoms with van der Waals surface area (Å²) in [5.74, 6) is 0. The Labute approximate surface area is 322 Å². The first-order valence-electron chi connectivity index (χ1n) is 17.0. The van der Waals surface area contributed by atoms with Crippen molar-refractivity contribution in [1.82, 2.24) is 0 Å². The molecule has 0 fully saturated rings. The van der Waals surface area contributed by atoms with Crippen LogP contribution in [0.1, 0.15) is 11.1 Å². The molecular formula is C47H38Cl2SiZr. The molecule has 0 saturated carbocycles. The second-order valence-corrected chi connectivity index (χ2v) is 17.3. The van der Waals surface area contributed by atoms with Crippen molar-refractivity contribution in [2.45, 2.75) is 20.4 Å². The van der Waals surface area contributed by atoms with Crippen LogP contribution in [0.25, 0.3) is 65.3 Å². The second kappa shape index (κ2) is 17.9. The molecule has 0 aliphatic heterocycles. The molecule has 0 nitrogen and oxygen atoms in total. The molecule has 51 heavy (non-hydrogen) atoms. The molecule has 0 aliphatic rings. The summed E-state index contributed by atoms with van der Waals surface area (Å²) in [6.45, 7) is 6.50. The fourth-order valence-corrected chi connectivity index (χ4v) is 7.12. The van der Waals surface area contributed by atoms with Gasteiger partial charge < -0.3 is 0 Å². The van der Waals surface area contributed by atoms with Crippen LogP contribution in [0.3, 0.4) is 0 Å². The first-order valence-corrected chi connectivity index (χ1v) is 24.8. The second-order valence-electron chi connectivity index (χ2n) is 12.5. The van der Waals surface area contributed by atoms with Crippen LogP contribution in [0, 0.1) is 13.8 Å². The zero-order valence-corrected chi connectivity index (χ0v) is 34.0. The molecule has 0 heterocycles. The van der Waals surface area contributed by atoms with E-state index in [2.05, 4.69) is 190 Å². The van der Waals surface area contributed by atoms with Crippen LogP contribution in [0.5, 0.6) is 0 Å². The number of hydrogen-bond donors (Lipinski definition) is 0. The van der Waals surface area contributed by atoms with Crippen LogP contribution >= 0.6 is 17.0 Å². The summed E-state index contributed by atoms with van der Waals surface area (Å²) in [5.41, 5.74) is 7.88. The summed E-state index contributed by atoms with van der Waals surface area (Å²) in [5, 5.41) is 12.0. The van der Waals surface area contributed by atoms with Crippen LogP contribution in [-0.2, 0) is 20.8 Å². The number of rotatable bonds is 3. The average Bonchev–Trinajstić information content (AvgIpc) is 3.76. The van der Waals surface area contributed by atoms with Gasteiger partial charge in [-0.15, -0.1) is 69.1 Å². The predicted molar refractivity (Wildman–Crippen MR) is 224 cm³/mol. The number of aryl methyl sites for hydroxylation is 2. The van der Waals surface area contributed by atoms with E-state index in [1.54, 1.807) is 0 Å². The van der Waals surface area contributed by atoms with Crippen LogP contribution in [0.15, 0.2) is 176 Å². The van der Waals surface area contributed by atoms with E-state index in [1.165, 1.54) is 81.7 Å². The van der Waals surface area contributed by atoms with Gasteiger partial charge in [-0.3, -0.25) is 0 Å². The zero-order valence-electron chi connectivity index (χ0n) is 29.0. The van der Waals surface area contributed by atoms with E-state index < -0.39 is 20.8 Å². The van der Waals surface area contributed by atoms with Gasteiger partial charge in [0.2, 0.25) is 0 Å². The van der Waals surface area contributed by atoms with Crippen molar-refractivity contribution < 1.29 is 20.8 Å². The van der Waals surface area contributed by atoms with Crippen molar-refractivity contribution in [2.24, 2.45) is 0 Å². The average molecular weight is 793 g/mol. The number of benzene rings is 7. The molecule has 9 aromatic carbocycles. The molecule has 4 heteroatoms. The fourth-order valence-electron chi connectivity index (χ4n) is 6.59. The third-order valence-electron chi connectivity index (χ3n) is 8.97. The number of halogens is 2. The van der Waals surface area contributed by atoms with Crippen LogP contribution in [0.4, 0.5) is 0 Å². The molecule has 248 valence electrons. The van der Waals surface area contributed by atoms with Gasteiger partial charge in [-0.1, -0.05) is 152 Å². The van der Waals surface area contributed by atoms with Gasteiger partial charge in [0, 0.05) is 0 Å². The van der Waals surface area contributed by atoms with Gasteiger partial charge >= 0.3 is 37.9 Å². The summed E-state index contributed by atoms with van der Waals surface area (Å²) in [6.07, 6.45) is 0. The van der Waals surface area contributed by atoms with Crippen molar-refractivity contribution in [1.29, 1.82) is 0 Å². The van der Waals surface area contributed by atoms with Crippen LogP contribution in [0.2, 0.25) is 6.55 Å². The quantitative estimate of drug-likeness (QED) is 0.123. The van der Waals surface area contributed by atoms with E-state index in [-0.39, 0.29) is 0 Å². The molecule has 0 bridgehead atoms. The van der Waals surface area contributed by atoms with E-state index in [0.29, 0.717) is 0 Å². The molecule has 0 aromatic heterocycles. The molecule has 9 aromatic rings. The van der Waals surface area contributed by atoms with Crippen molar-refractivity contribution in [3.8, 4) is 22.3 Å². The molecule has 0 aliphatic carbocycles. The van der Waals surface area contributed by atoms with E-state index >= 15 is 0 Å². The third-order valence-corrected chi connectivity index (χ3v) is 9.88. The first kappa shape index (κ1) is 36.7. The van der Waals surface area contributed by atoms with E-state index in [0.717, 1.165) is 9.52 Å². The molecule has 2 radical (unpaired) electrons. The Morgan fingerprint density at radius 2 is 0.863 bits per heavy atom. The summed E-state index contributed by atoms with van der Waals surface area (Å²) in [6, 6.07) is 63.1. The Kier molecular flexibility index (Phi) is 12.9. The van der Waals surface area contributed by atoms with Crippen molar-refractivity contribution in [3.63, 3.8) is 0 Å². The Bertz CT molecular complexity index is 2340. The Morgan fingerprint density at radius 1 is 0.451 bits per heavy atom. The van der Waals surface area contributed by atoms with E-state index in [9.17, 15) is 0 Å². The summed E-state index contributed by atoms with van der Waals surface area (Å²) < 4.78 is 0. The molecule has 0 unspecified atom stereocenters. The Hall–Kier alpha value is -4.04. The molecule has 0 atom stereocenters. The van der Waals surface area contributed by atoms with Gasteiger partial charge in [-0.05, 0) is 44.8 Å². The molecule has 9 rings (SSSR count). The van der Waals surface area contributed by atoms with E-state index in [1.807, 2.05) is 6.07 Å². The third kappa shape index (κ3) is 9.26. The van der Waals surface area contributed by atoms with Gasteiger partial charge in [0.1, 0.15) is 0 Å². The van der Waals surface area contributed by atoms with Gasteiger partial charge in [0.25, 0.3) is 0 Å². The monoisotopic (exact) mass is 790 g/mol. The SMILES string of the molecule is C[Si]c1ccccc1.Cc1cc2c(-c3ccc4ccccc4c3)cccc2[cH-]1.Cc1cc2c(-c3ccc4ccccc4c3)cccc2[cH-]1.[Cl][Zr+2][Cl]. The Balaban J connectivity index is 0.000000137. The van der Waals surface area contributed by atoms with Gasteiger partial charge in [-0.25, -0.2) is 0 Å². The normalized spacial score (nSPS) is 10.5. The minimum atomic E-state index is -0.826. The van der Waals surface area contributed by atoms with Crippen LogP contribution < -0.4 is 5.19 Å². The van der Waals surface area contributed by atoms with Crippen LogP contribution in [-0.4, -0.2) is 9.52 Å².